The molecule has 0 aliphatic carbocycles. The van der Waals surface area contributed by atoms with Gasteiger partial charge in [-0.1, -0.05) is 36.4 Å². The van der Waals surface area contributed by atoms with Gasteiger partial charge in [0.2, 0.25) is 0 Å². The highest BCUT2D eigenvalue weighted by Gasteiger charge is 2.11. The molecular formula is C22H26N2O3. The van der Waals surface area contributed by atoms with Gasteiger partial charge in [0.25, 0.3) is 5.91 Å². The second-order valence-electron chi connectivity index (χ2n) is 6.61. The second kappa shape index (κ2) is 9.57. The molecule has 0 spiro atoms. The lowest BCUT2D eigenvalue weighted by Crippen LogP contribution is -2.30. The minimum atomic E-state index is -0.532. The van der Waals surface area contributed by atoms with Crippen LogP contribution in [0.3, 0.4) is 0 Å². The Labute approximate surface area is 160 Å². The SMILES string of the molecule is Cc1ccccc1/C=C/C(=O)OCC(=O)N(C)Cc1ccc(N(C)C)cc1. The first-order valence-corrected chi connectivity index (χ1v) is 8.77. The molecule has 1 amide bonds. The van der Waals surface area contributed by atoms with Gasteiger partial charge < -0.3 is 14.5 Å². The number of hydrogen-bond donors (Lipinski definition) is 0. The van der Waals surface area contributed by atoms with Gasteiger partial charge in [-0.2, -0.15) is 0 Å². The van der Waals surface area contributed by atoms with Crippen molar-refractivity contribution >= 4 is 23.6 Å². The lowest BCUT2D eigenvalue weighted by molar-refractivity contribution is -0.147. The maximum Gasteiger partial charge on any atom is 0.331 e. The molecule has 5 heteroatoms. The van der Waals surface area contributed by atoms with Crippen LogP contribution in [0.2, 0.25) is 0 Å². The Morgan fingerprint density at radius 3 is 2.30 bits per heavy atom. The highest BCUT2D eigenvalue weighted by atomic mass is 16.5. The van der Waals surface area contributed by atoms with Gasteiger partial charge in [0, 0.05) is 39.5 Å². The summed E-state index contributed by atoms with van der Waals surface area (Å²) in [6, 6.07) is 15.7. The summed E-state index contributed by atoms with van der Waals surface area (Å²) in [6.45, 7) is 2.15. The van der Waals surface area contributed by atoms with Crippen LogP contribution >= 0.6 is 0 Å². The third-order valence-electron chi connectivity index (χ3n) is 4.22. The molecule has 0 aliphatic rings. The fourth-order valence-electron chi connectivity index (χ4n) is 2.48. The van der Waals surface area contributed by atoms with Crippen molar-refractivity contribution in [3.05, 3.63) is 71.3 Å². The number of likely N-dealkylation sites (N-methyl/N-ethyl adjacent to an activating group) is 1. The Hall–Kier alpha value is -3.08. The summed E-state index contributed by atoms with van der Waals surface area (Å²) in [6.07, 6.45) is 3.04. The maximum atomic E-state index is 12.2. The van der Waals surface area contributed by atoms with Gasteiger partial charge in [0.15, 0.2) is 6.61 Å². The largest absolute Gasteiger partial charge is 0.452 e. The molecule has 0 saturated carbocycles. The minimum absolute atomic E-state index is 0.246. The van der Waals surface area contributed by atoms with E-state index in [1.54, 1.807) is 18.0 Å². The first kappa shape index (κ1) is 20.2. The molecule has 142 valence electrons. The van der Waals surface area contributed by atoms with Gasteiger partial charge in [0.05, 0.1) is 0 Å². The third-order valence-corrected chi connectivity index (χ3v) is 4.22. The number of rotatable bonds is 7. The Balaban J connectivity index is 1.82. The summed E-state index contributed by atoms with van der Waals surface area (Å²) in [5.41, 5.74) is 4.13. The van der Waals surface area contributed by atoms with Crippen molar-refractivity contribution in [3.8, 4) is 0 Å². The molecular weight excluding hydrogens is 340 g/mol. The molecule has 2 rings (SSSR count). The zero-order valence-electron chi connectivity index (χ0n) is 16.3. The molecule has 0 atom stereocenters. The van der Waals surface area contributed by atoms with Crippen molar-refractivity contribution in [3.63, 3.8) is 0 Å². The fraction of sp³-hybridized carbons (Fsp3) is 0.273. The Morgan fingerprint density at radius 2 is 1.67 bits per heavy atom. The summed E-state index contributed by atoms with van der Waals surface area (Å²) in [7, 11) is 5.65. The second-order valence-corrected chi connectivity index (χ2v) is 6.61. The number of ether oxygens (including phenoxy) is 1. The van der Waals surface area contributed by atoms with E-state index in [9.17, 15) is 9.59 Å². The van der Waals surface area contributed by atoms with Crippen molar-refractivity contribution in [2.24, 2.45) is 0 Å². The Bertz CT molecular complexity index is 811. The van der Waals surface area contributed by atoms with E-state index in [1.807, 2.05) is 74.4 Å². The van der Waals surface area contributed by atoms with Crippen LogP contribution in [0.5, 0.6) is 0 Å². The van der Waals surface area contributed by atoms with E-state index in [4.69, 9.17) is 4.74 Å². The highest BCUT2D eigenvalue weighted by Crippen LogP contribution is 2.13. The molecule has 0 fully saturated rings. The van der Waals surface area contributed by atoms with E-state index in [-0.39, 0.29) is 12.5 Å². The van der Waals surface area contributed by atoms with Gasteiger partial charge in [-0.3, -0.25) is 4.79 Å². The highest BCUT2D eigenvalue weighted by molar-refractivity contribution is 5.89. The summed E-state index contributed by atoms with van der Waals surface area (Å²) < 4.78 is 5.05. The zero-order valence-corrected chi connectivity index (χ0v) is 16.3. The van der Waals surface area contributed by atoms with Crippen LogP contribution in [0.25, 0.3) is 6.08 Å². The van der Waals surface area contributed by atoms with E-state index in [0.29, 0.717) is 6.54 Å². The smallest absolute Gasteiger partial charge is 0.331 e. The number of carbonyl (C=O) groups is 2. The Morgan fingerprint density at radius 1 is 1.00 bits per heavy atom. The minimum Gasteiger partial charge on any atom is -0.452 e. The first-order valence-electron chi connectivity index (χ1n) is 8.77. The third kappa shape index (κ3) is 6.29. The molecule has 0 bridgehead atoms. The molecule has 0 heterocycles. The fourth-order valence-corrected chi connectivity index (χ4v) is 2.48. The quantitative estimate of drug-likeness (QED) is 0.557. The number of carbonyl (C=O) groups excluding carboxylic acids is 2. The molecule has 27 heavy (non-hydrogen) atoms. The number of nitrogens with zero attached hydrogens (tertiary/aromatic N) is 2. The van der Waals surface area contributed by atoms with Crippen LogP contribution in [0.1, 0.15) is 16.7 Å². The monoisotopic (exact) mass is 366 g/mol. The predicted molar refractivity (Wildman–Crippen MR) is 108 cm³/mol. The Kier molecular flexibility index (Phi) is 7.17. The van der Waals surface area contributed by atoms with Gasteiger partial charge in [-0.05, 0) is 41.8 Å². The normalized spacial score (nSPS) is 10.7. The number of anilines is 1. The van der Waals surface area contributed by atoms with Crippen LogP contribution < -0.4 is 4.90 Å². The molecule has 0 N–H and O–H groups in total. The molecule has 0 radical (unpaired) electrons. The molecule has 0 aliphatic heterocycles. The standard InChI is InChI=1S/C22H26N2O3/c1-17-7-5-6-8-19(17)11-14-22(26)27-16-21(25)24(4)15-18-9-12-20(13-10-18)23(2)3/h5-14H,15-16H2,1-4H3/b14-11+. The molecule has 0 saturated heterocycles. The maximum absolute atomic E-state index is 12.2. The van der Waals surface area contributed by atoms with E-state index in [1.165, 1.54) is 6.08 Å². The van der Waals surface area contributed by atoms with Crippen LogP contribution in [0, 0.1) is 6.92 Å². The number of amides is 1. The van der Waals surface area contributed by atoms with Gasteiger partial charge in [-0.25, -0.2) is 4.79 Å². The van der Waals surface area contributed by atoms with Gasteiger partial charge in [0.1, 0.15) is 0 Å². The molecule has 0 aromatic heterocycles. The summed E-state index contributed by atoms with van der Waals surface area (Å²) in [4.78, 5) is 27.6. The average molecular weight is 366 g/mol. The van der Waals surface area contributed by atoms with Crippen LogP contribution in [-0.4, -0.2) is 44.5 Å². The topological polar surface area (TPSA) is 49.9 Å². The van der Waals surface area contributed by atoms with Crippen molar-refractivity contribution in [1.29, 1.82) is 0 Å². The lowest BCUT2D eigenvalue weighted by atomic mass is 10.1. The van der Waals surface area contributed by atoms with Crippen LogP contribution in [0.4, 0.5) is 5.69 Å². The number of esters is 1. The van der Waals surface area contributed by atoms with Crippen LogP contribution in [-0.2, 0) is 20.9 Å². The van der Waals surface area contributed by atoms with Crippen molar-refractivity contribution in [2.45, 2.75) is 13.5 Å². The van der Waals surface area contributed by atoms with E-state index >= 15 is 0 Å². The van der Waals surface area contributed by atoms with Crippen LogP contribution in [0.15, 0.2) is 54.6 Å². The average Bonchev–Trinajstić information content (AvgIpc) is 2.65. The van der Waals surface area contributed by atoms with Crippen molar-refractivity contribution < 1.29 is 14.3 Å². The zero-order chi connectivity index (χ0) is 19.8. The molecule has 0 unspecified atom stereocenters. The molecule has 5 nitrogen and oxygen atoms in total. The first-order chi connectivity index (χ1) is 12.9. The summed E-state index contributed by atoms with van der Waals surface area (Å²) in [5, 5.41) is 0. The van der Waals surface area contributed by atoms with Crippen molar-refractivity contribution in [1.82, 2.24) is 4.90 Å². The summed E-state index contributed by atoms with van der Waals surface area (Å²) >= 11 is 0. The number of hydrogen-bond acceptors (Lipinski definition) is 4. The van der Waals surface area contributed by atoms with Crippen molar-refractivity contribution in [2.75, 3.05) is 32.6 Å². The van der Waals surface area contributed by atoms with E-state index in [2.05, 4.69) is 0 Å². The van der Waals surface area contributed by atoms with Gasteiger partial charge >= 0.3 is 5.97 Å². The molecule has 2 aromatic rings. The number of aryl methyl sites for hydroxylation is 1. The predicted octanol–water partition coefficient (Wildman–Crippen LogP) is 3.28. The van der Waals surface area contributed by atoms with Gasteiger partial charge in [-0.15, -0.1) is 0 Å². The summed E-state index contributed by atoms with van der Waals surface area (Å²) in [5.74, 6) is -0.778. The lowest BCUT2D eigenvalue weighted by Gasteiger charge is -2.18. The van der Waals surface area contributed by atoms with E-state index in [0.717, 1.165) is 22.4 Å². The van der Waals surface area contributed by atoms with E-state index < -0.39 is 5.97 Å². The molecule has 2 aromatic carbocycles. The number of benzene rings is 2.